The van der Waals surface area contributed by atoms with E-state index in [1.807, 2.05) is 0 Å². The highest BCUT2D eigenvalue weighted by atomic mass is 14.4. The van der Waals surface area contributed by atoms with Crippen LogP contribution in [0.5, 0.6) is 0 Å². The molecule has 0 aromatic heterocycles. The van der Waals surface area contributed by atoms with Gasteiger partial charge in [-0.1, -0.05) is 60.3 Å². The average molecular weight is 196 g/mol. The van der Waals surface area contributed by atoms with Gasteiger partial charge in [-0.05, 0) is 29.6 Å². The minimum Gasteiger partial charge on any atom is -0.0625 e. The van der Waals surface area contributed by atoms with Crippen LogP contribution in [0.4, 0.5) is 0 Å². The van der Waals surface area contributed by atoms with Gasteiger partial charge in [0.1, 0.15) is 0 Å². The highest BCUT2D eigenvalue weighted by molar-refractivity contribution is 4.81. The summed E-state index contributed by atoms with van der Waals surface area (Å²) in [4.78, 5) is 0. The van der Waals surface area contributed by atoms with Gasteiger partial charge in [-0.2, -0.15) is 0 Å². The molecule has 1 rings (SSSR count). The minimum atomic E-state index is 0.852. The van der Waals surface area contributed by atoms with E-state index in [4.69, 9.17) is 0 Å². The molecule has 0 heterocycles. The van der Waals surface area contributed by atoms with Gasteiger partial charge in [-0.15, -0.1) is 0 Å². The Morgan fingerprint density at radius 1 is 0.786 bits per heavy atom. The van der Waals surface area contributed by atoms with Crippen molar-refractivity contribution in [1.29, 1.82) is 0 Å². The van der Waals surface area contributed by atoms with E-state index < -0.39 is 0 Å². The Morgan fingerprint density at radius 3 is 1.57 bits per heavy atom. The highest BCUT2D eigenvalue weighted by Crippen LogP contribution is 2.40. The fourth-order valence-corrected chi connectivity index (χ4v) is 3.78. The van der Waals surface area contributed by atoms with Gasteiger partial charge in [0.2, 0.25) is 0 Å². The van der Waals surface area contributed by atoms with Crippen molar-refractivity contribution in [3.8, 4) is 0 Å². The maximum Gasteiger partial charge on any atom is -0.0340 e. The van der Waals surface area contributed by atoms with Crippen molar-refractivity contribution in [3.05, 3.63) is 0 Å². The quantitative estimate of drug-likeness (QED) is 0.609. The Bertz CT molecular complexity index is 143. The van der Waals surface area contributed by atoms with Gasteiger partial charge >= 0.3 is 0 Å². The topological polar surface area (TPSA) is 0 Å². The summed E-state index contributed by atoms with van der Waals surface area (Å²) in [6.45, 7) is 12.1. The molecule has 1 aliphatic carbocycles. The molecule has 0 nitrogen and oxygen atoms in total. The first kappa shape index (κ1) is 12.1. The largest absolute Gasteiger partial charge is 0.0625 e. The zero-order valence-corrected chi connectivity index (χ0v) is 10.7. The second-order valence-electron chi connectivity index (χ2n) is 5.97. The van der Waals surface area contributed by atoms with Gasteiger partial charge in [-0.3, -0.25) is 0 Å². The lowest BCUT2D eigenvalue weighted by molar-refractivity contribution is 0.145. The molecule has 0 spiro atoms. The van der Waals surface area contributed by atoms with E-state index in [0.29, 0.717) is 0 Å². The molecule has 0 radical (unpaired) electrons. The average Bonchev–Trinajstić information content (AvgIpc) is 2.53. The minimum absolute atomic E-state index is 0.852. The maximum atomic E-state index is 2.50. The van der Waals surface area contributed by atoms with Gasteiger partial charge in [0.25, 0.3) is 0 Å². The molecule has 0 amide bonds. The van der Waals surface area contributed by atoms with Crippen LogP contribution < -0.4 is 0 Å². The number of hydrogen-bond acceptors (Lipinski definition) is 0. The van der Waals surface area contributed by atoms with Crippen LogP contribution in [-0.2, 0) is 0 Å². The van der Waals surface area contributed by atoms with Crippen molar-refractivity contribution >= 4 is 0 Å². The normalized spacial score (nSPS) is 21.4. The first-order chi connectivity index (χ1) is 6.54. The first-order valence-electron chi connectivity index (χ1n) is 6.54. The van der Waals surface area contributed by atoms with E-state index in [9.17, 15) is 0 Å². The molecule has 1 fully saturated rings. The summed E-state index contributed by atoms with van der Waals surface area (Å²) in [5, 5.41) is 0. The van der Waals surface area contributed by atoms with Crippen LogP contribution in [0.25, 0.3) is 0 Å². The molecular weight excluding hydrogens is 168 g/mol. The fraction of sp³-hybridized carbons (Fsp3) is 1.00. The zero-order chi connectivity index (χ0) is 10.7. The molecule has 0 N–H and O–H groups in total. The monoisotopic (exact) mass is 196 g/mol. The van der Waals surface area contributed by atoms with Gasteiger partial charge in [0.05, 0.1) is 0 Å². The van der Waals surface area contributed by atoms with Gasteiger partial charge in [0, 0.05) is 0 Å². The molecule has 84 valence electrons. The molecule has 1 aliphatic rings. The third-order valence-corrected chi connectivity index (χ3v) is 4.29. The lowest BCUT2D eigenvalue weighted by Crippen LogP contribution is -2.27. The Balaban J connectivity index is 2.57. The molecule has 0 heteroatoms. The predicted molar refractivity (Wildman–Crippen MR) is 64.3 cm³/mol. The van der Waals surface area contributed by atoms with E-state index in [2.05, 4.69) is 34.6 Å². The van der Waals surface area contributed by atoms with Crippen LogP contribution in [0.3, 0.4) is 0 Å². The Labute approximate surface area is 90.5 Å². The predicted octanol–water partition coefficient (Wildman–Crippen LogP) is 4.74. The van der Waals surface area contributed by atoms with Crippen molar-refractivity contribution in [2.45, 2.75) is 60.3 Å². The lowest BCUT2D eigenvalue weighted by Gasteiger charge is -2.34. The SMILES string of the molecule is CC(C)C(C(C)C)C(C)C1CCCC1. The maximum absolute atomic E-state index is 2.50. The van der Waals surface area contributed by atoms with Crippen LogP contribution in [0, 0.1) is 29.6 Å². The van der Waals surface area contributed by atoms with Crippen molar-refractivity contribution in [2.75, 3.05) is 0 Å². The van der Waals surface area contributed by atoms with E-state index in [1.165, 1.54) is 25.7 Å². The van der Waals surface area contributed by atoms with Gasteiger partial charge in [0.15, 0.2) is 0 Å². The third-order valence-electron chi connectivity index (χ3n) is 4.29. The lowest BCUT2D eigenvalue weighted by atomic mass is 9.71. The molecule has 14 heavy (non-hydrogen) atoms. The van der Waals surface area contributed by atoms with E-state index in [-0.39, 0.29) is 0 Å². The Kier molecular flexibility index (Phi) is 4.47. The summed E-state index contributed by atoms with van der Waals surface area (Å²) in [5.74, 6) is 4.61. The van der Waals surface area contributed by atoms with E-state index in [0.717, 1.165) is 29.6 Å². The third kappa shape index (κ3) is 2.74. The van der Waals surface area contributed by atoms with Crippen LogP contribution in [-0.4, -0.2) is 0 Å². The first-order valence-corrected chi connectivity index (χ1v) is 6.54. The Morgan fingerprint density at radius 2 is 1.21 bits per heavy atom. The summed E-state index contributed by atoms with van der Waals surface area (Å²) < 4.78 is 0. The van der Waals surface area contributed by atoms with Crippen molar-refractivity contribution in [2.24, 2.45) is 29.6 Å². The summed E-state index contributed by atoms with van der Waals surface area (Å²) >= 11 is 0. The van der Waals surface area contributed by atoms with Gasteiger partial charge in [-0.25, -0.2) is 0 Å². The van der Waals surface area contributed by atoms with Crippen LogP contribution in [0.15, 0.2) is 0 Å². The summed E-state index contributed by atoms with van der Waals surface area (Å²) in [5.41, 5.74) is 0. The van der Waals surface area contributed by atoms with Crippen molar-refractivity contribution in [3.63, 3.8) is 0 Å². The van der Waals surface area contributed by atoms with Crippen LogP contribution >= 0.6 is 0 Å². The van der Waals surface area contributed by atoms with E-state index in [1.54, 1.807) is 0 Å². The smallest absolute Gasteiger partial charge is 0.0340 e. The van der Waals surface area contributed by atoms with Crippen LogP contribution in [0.1, 0.15) is 60.3 Å². The van der Waals surface area contributed by atoms with Gasteiger partial charge < -0.3 is 0 Å². The molecule has 0 aliphatic heterocycles. The molecule has 0 aromatic carbocycles. The van der Waals surface area contributed by atoms with Crippen molar-refractivity contribution in [1.82, 2.24) is 0 Å². The summed E-state index contributed by atoms with van der Waals surface area (Å²) in [7, 11) is 0. The number of rotatable bonds is 4. The molecule has 0 aromatic rings. The van der Waals surface area contributed by atoms with Crippen molar-refractivity contribution < 1.29 is 0 Å². The van der Waals surface area contributed by atoms with Crippen LogP contribution in [0.2, 0.25) is 0 Å². The second kappa shape index (κ2) is 5.19. The zero-order valence-electron chi connectivity index (χ0n) is 10.7. The fourth-order valence-electron chi connectivity index (χ4n) is 3.78. The number of hydrogen-bond donors (Lipinski definition) is 0. The second-order valence-corrected chi connectivity index (χ2v) is 5.97. The molecule has 1 saturated carbocycles. The molecule has 0 saturated heterocycles. The summed E-state index contributed by atoms with van der Waals surface area (Å²) in [6, 6.07) is 0. The summed E-state index contributed by atoms with van der Waals surface area (Å²) in [6.07, 6.45) is 5.96. The molecular formula is C14H28. The van der Waals surface area contributed by atoms with E-state index >= 15 is 0 Å². The molecule has 0 bridgehead atoms. The molecule has 1 atom stereocenters. The molecule has 1 unspecified atom stereocenters. The standard InChI is InChI=1S/C14H28/c1-10(2)14(11(3)4)12(5)13-8-6-7-9-13/h10-14H,6-9H2,1-5H3. The Hall–Kier alpha value is 0. The highest BCUT2D eigenvalue weighted by Gasteiger charge is 2.31.